The Morgan fingerprint density at radius 1 is 1.03 bits per heavy atom. The SMILES string of the molecule is COCc1c(F)c(C)c(C(=O)Oc2ccccc2)c(OCc2ccccc2)c1/C=C/CO. The van der Waals surface area contributed by atoms with E-state index in [1.807, 2.05) is 30.3 Å². The molecule has 6 heteroatoms. The minimum Gasteiger partial charge on any atom is -0.487 e. The van der Waals surface area contributed by atoms with Gasteiger partial charge in [0, 0.05) is 23.8 Å². The molecule has 0 saturated heterocycles. The lowest BCUT2D eigenvalue weighted by atomic mass is 9.96. The lowest BCUT2D eigenvalue weighted by Gasteiger charge is -2.20. The molecule has 0 atom stereocenters. The number of ether oxygens (including phenoxy) is 3. The summed E-state index contributed by atoms with van der Waals surface area (Å²) in [5, 5.41) is 9.30. The highest BCUT2D eigenvalue weighted by Crippen LogP contribution is 2.36. The molecule has 32 heavy (non-hydrogen) atoms. The first-order valence-electron chi connectivity index (χ1n) is 10.1. The molecular formula is C26H25FO5. The van der Waals surface area contributed by atoms with Gasteiger partial charge in [0.2, 0.25) is 0 Å². The van der Waals surface area contributed by atoms with Crippen LogP contribution < -0.4 is 9.47 Å². The Hall–Kier alpha value is -3.48. The van der Waals surface area contributed by atoms with Gasteiger partial charge >= 0.3 is 5.97 Å². The van der Waals surface area contributed by atoms with Gasteiger partial charge in [-0.05, 0) is 24.6 Å². The van der Waals surface area contributed by atoms with E-state index in [0.29, 0.717) is 11.3 Å². The lowest BCUT2D eigenvalue weighted by Crippen LogP contribution is -2.17. The monoisotopic (exact) mass is 436 g/mol. The van der Waals surface area contributed by atoms with Crippen LogP contribution in [0.15, 0.2) is 66.7 Å². The van der Waals surface area contributed by atoms with Crippen LogP contribution in [0.1, 0.15) is 32.6 Å². The summed E-state index contributed by atoms with van der Waals surface area (Å²) in [6.07, 6.45) is 2.97. The summed E-state index contributed by atoms with van der Waals surface area (Å²) in [7, 11) is 1.45. The molecule has 166 valence electrons. The van der Waals surface area contributed by atoms with E-state index in [1.54, 1.807) is 30.3 Å². The number of methoxy groups -OCH3 is 1. The number of para-hydroxylation sites is 1. The summed E-state index contributed by atoms with van der Waals surface area (Å²) in [6, 6.07) is 18.0. The van der Waals surface area contributed by atoms with Gasteiger partial charge in [0.25, 0.3) is 0 Å². The zero-order valence-corrected chi connectivity index (χ0v) is 18.0. The molecule has 0 radical (unpaired) electrons. The zero-order valence-electron chi connectivity index (χ0n) is 18.0. The maximum atomic E-state index is 15.3. The Kier molecular flexibility index (Phi) is 8.14. The van der Waals surface area contributed by atoms with Gasteiger partial charge in [0.05, 0.1) is 13.2 Å². The zero-order chi connectivity index (χ0) is 22.9. The highest BCUT2D eigenvalue weighted by atomic mass is 19.1. The number of aliphatic hydroxyl groups excluding tert-OH is 1. The Morgan fingerprint density at radius 2 is 1.69 bits per heavy atom. The number of halogens is 1. The second-order valence-corrected chi connectivity index (χ2v) is 7.03. The molecule has 0 spiro atoms. The minimum absolute atomic E-state index is 0.0141. The molecular weight excluding hydrogens is 411 g/mol. The van der Waals surface area contributed by atoms with Crippen molar-refractivity contribution >= 4 is 12.0 Å². The van der Waals surface area contributed by atoms with Crippen molar-refractivity contribution in [2.45, 2.75) is 20.1 Å². The standard InChI is InChI=1S/C26H25FO5/c1-18-23(26(29)32-20-12-7-4-8-13-20)25(31-16-19-10-5-3-6-11-19)21(14-9-15-28)22(17-30-2)24(18)27/h3-14,28H,15-17H2,1-2H3/b14-9+. The number of rotatable bonds is 9. The van der Waals surface area contributed by atoms with E-state index >= 15 is 4.39 Å². The van der Waals surface area contributed by atoms with Crippen molar-refractivity contribution in [2.24, 2.45) is 0 Å². The van der Waals surface area contributed by atoms with Crippen LogP contribution in [0.4, 0.5) is 4.39 Å². The van der Waals surface area contributed by atoms with E-state index in [2.05, 4.69) is 0 Å². The van der Waals surface area contributed by atoms with Crippen LogP contribution in [0.25, 0.3) is 6.08 Å². The summed E-state index contributed by atoms with van der Waals surface area (Å²) >= 11 is 0. The molecule has 0 heterocycles. The van der Waals surface area contributed by atoms with Gasteiger partial charge in [-0.25, -0.2) is 9.18 Å². The fourth-order valence-corrected chi connectivity index (χ4v) is 3.30. The molecule has 0 aromatic heterocycles. The third kappa shape index (κ3) is 5.41. The molecule has 3 aromatic carbocycles. The van der Waals surface area contributed by atoms with Gasteiger partial charge in [0.1, 0.15) is 29.5 Å². The number of carbonyl (C=O) groups excluding carboxylic acids is 1. The molecule has 3 rings (SSSR count). The Labute approximate surface area is 186 Å². The topological polar surface area (TPSA) is 65.0 Å². The number of aliphatic hydroxyl groups is 1. The van der Waals surface area contributed by atoms with Gasteiger partial charge in [-0.2, -0.15) is 0 Å². The van der Waals surface area contributed by atoms with E-state index in [0.717, 1.165) is 5.56 Å². The first-order valence-corrected chi connectivity index (χ1v) is 10.1. The molecule has 0 aliphatic heterocycles. The van der Waals surface area contributed by atoms with E-state index in [1.165, 1.54) is 26.2 Å². The normalized spacial score (nSPS) is 11.0. The summed E-state index contributed by atoms with van der Waals surface area (Å²) in [6.45, 7) is 1.37. The van der Waals surface area contributed by atoms with E-state index in [4.69, 9.17) is 14.2 Å². The Morgan fingerprint density at radius 3 is 2.31 bits per heavy atom. The largest absolute Gasteiger partial charge is 0.487 e. The fourth-order valence-electron chi connectivity index (χ4n) is 3.30. The van der Waals surface area contributed by atoms with Crippen LogP contribution in [0.5, 0.6) is 11.5 Å². The van der Waals surface area contributed by atoms with Crippen LogP contribution in [0.2, 0.25) is 0 Å². The van der Waals surface area contributed by atoms with Crippen LogP contribution >= 0.6 is 0 Å². The van der Waals surface area contributed by atoms with Crippen LogP contribution in [-0.4, -0.2) is 24.8 Å². The average Bonchev–Trinajstić information content (AvgIpc) is 2.81. The van der Waals surface area contributed by atoms with Gasteiger partial charge in [-0.3, -0.25) is 0 Å². The van der Waals surface area contributed by atoms with E-state index < -0.39 is 11.8 Å². The summed E-state index contributed by atoms with van der Waals surface area (Å²) in [5.41, 5.74) is 1.51. The van der Waals surface area contributed by atoms with Crippen molar-refractivity contribution in [3.8, 4) is 11.5 Å². The van der Waals surface area contributed by atoms with Crippen molar-refractivity contribution in [1.82, 2.24) is 0 Å². The van der Waals surface area contributed by atoms with Crippen molar-refractivity contribution in [3.05, 3.63) is 100 Å². The number of hydrogen-bond donors (Lipinski definition) is 1. The van der Waals surface area contributed by atoms with E-state index in [9.17, 15) is 9.90 Å². The molecule has 0 saturated carbocycles. The van der Waals surface area contributed by atoms with Crippen molar-refractivity contribution < 1.29 is 28.5 Å². The van der Waals surface area contributed by atoms with Crippen molar-refractivity contribution in [1.29, 1.82) is 0 Å². The molecule has 5 nitrogen and oxygen atoms in total. The Balaban J connectivity index is 2.14. The fraction of sp³-hybridized carbons (Fsp3) is 0.192. The third-order valence-corrected chi connectivity index (χ3v) is 4.83. The molecule has 0 aliphatic rings. The van der Waals surface area contributed by atoms with E-state index in [-0.39, 0.29) is 42.3 Å². The maximum Gasteiger partial charge on any atom is 0.347 e. The quantitative estimate of drug-likeness (QED) is 0.374. The first-order chi connectivity index (χ1) is 15.6. The predicted octanol–water partition coefficient (Wildman–Crippen LogP) is 5.08. The number of esters is 1. The van der Waals surface area contributed by atoms with Gasteiger partial charge in [0.15, 0.2) is 0 Å². The number of benzene rings is 3. The summed E-state index contributed by atoms with van der Waals surface area (Å²) in [4.78, 5) is 13.1. The molecule has 3 aromatic rings. The highest BCUT2D eigenvalue weighted by molar-refractivity contribution is 5.97. The minimum atomic E-state index is -0.738. The molecule has 0 fully saturated rings. The lowest BCUT2D eigenvalue weighted by molar-refractivity contribution is 0.0727. The number of carbonyl (C=O) groups is 1. The first kappa shape index (κ1) is 23.2. The third-order valence-electron chi connectivity index (χ3n) is 4.83. The molecule has 0 unspecified atom stereocenters. The highest BCUT2D eigenvalue weighted by Gasteiger charge is 2.27. The van der Waals surface area contributed by atoms with Crippen LogP contribution in [-0.2, 0) is 18.0 Å². The molecule has 0 bridgehead atoms. The second kappa shape index (κ2) is 11.2. The van der Waals surface area contributed by atoms with Gasteiger partial charge in [-0.15, -0.1) is 0 Å². The average molecular weight is 436 g/mol. The second-order valence-electron chi connectivity index (χ2n) is 7.03. The van der Waals surface area contributed by atoms with Gasteiger partial charge in [-0.1, -0.05) is 60.7 Å². The smallest absolute Gasteiger partial charge is 0.347 e. The van der Waals surface area contributed by atoms with Crippen LogP contribution in [0.3, 0.4) is 0 Å². The van der Waals surface area contributed by atoms with Gasteiger partial charge < -0.3 is 19.3 Å². The predicted molar refractivity (Wildman–Crippen MR) is 120 cm³/mol. The summed E-state index contributed by atoms with van der Waals surface area (Å²) in [5.74, 6) is -0.819. The van der Waals surface area contributed by atoms with Crippen LogP contribution in [0, 0.1) is 12.7 Å². The van der Waals surface area contributed by atoms with Crippen molar-refractivity contribution in [2.75, 3.05) is 13.7 Å². The Bertz CT molecular complexity index is 1080. The molecule has 0 aliphatic carbocycles. The van der Waals surface area contributed by atoms with Crippen molar-refractivity contribution in [3.63, 3.8) is 0 Å². The summed E-state index contributed by atoms with van der Waals surface area (Å²) < 4.78 is 32.1. The molecule has 1 N–H and O–H groups in total. The molecule has 0 amide bonds. The number of hydrogen-bond acceptors (Lipinski definition) is 5. The maximum absolute atomic E-state index is 15.3.